The molecule has 1 aromatic heterocycles. The number of hydrogen-bond acceptors (Lipinski definition) is 3. The highest BCUT2D eigenvalue weighted by Gasteiger charge is 2.28. The third kappa shape index (κ3) is 2.38. The zero-order valence-electron chi connectivity index (χ0n) is 11.3. The molecule has 0 spiro atoms. The van der Waals surface area contributed by atoms with Gasteiger partial charge >= 0.3 is 0 Å². The molecule has 1 aromatic carbocycles. The van der Waals surface area contributed by atoms with Gasteiger partial charge in [-0.2, -0.15) is 0 Å². The van der Waals surface area contributed by atoms with Gasteiger partial charge in [-0.15, -0.1) is 0 Å². The van der Waals surface area contributed by atoms with Gasteiger partial charge in [-0.05, 0) is 24.0 Å². The molecular weight excluding hydrogens is 268 g/mol. The fourth-order valence-electron chi connectivity index (χ4n) is 2.77. The van der Waals surface area contributed by atoms with Crippen LogP contribution >= 0.6 is 0 Å². The van der Waals surface area contributed by atoms with Gasteiger partial charge in [0.25, 0.3) is 11.5 Å². The number of H-pyrrole nitrogens is 1. The summed E-state index contributed by atoms with van der Waals surface area (Å²) in [7, 11) is 0. The number of carbonyl (C=O) groups excluding carboxylic acids is 2. The molecule has 1 aliphatic rings. The highest BCUT2D eigenvalue weighted by Crippen LogP contribution is 2.31. The maximum atomic E-state index is 12.3. The molecule has 5 nitrogen and oxygen atoms in total. The van der Waals surface area contributed by atoms with Gasteiger partial charge in [0.2, 0.25) is 0 Å². The summed E-state index contributed by atoms with van der Waals surface area (Å²) >= 11 is 0. The second kappa shape index (κ2) is 5.01. The molecule has 106 valence electrons. The first-order chi connectivity index (χ1) is 10.1. The monoisotopic (exact) mass is 282 g/mol. The van der Waals surface area contributed by atoms with E-state index in [1.807, 2.05) is 30.3 Å². The first-order valence-electron chi connectivity index (χ1n) is 6.70. The van der Waals surface area contributed by atoms with E-state index >= 15 is 0 Å². The van der Waals surface area contributed by atoms with E-state index < -0.39 is 11.5 Å². The van der Waals surface area contributed by atoms with Gasteiger partial charge in [0.15, 0.2) is 5.78 Å². The molecule has 21 heavy (non-hydrogen) atoms. The van der Waals surface area contributed by atoms with Crippen LogP contribution < -0.4 is 11.3 Å². The van der Waals surface area contributed by atoms with E-state index in [1.165, 1.54) is 6.07 Å². The second-order valence-electron chi connectivity index (χ2n) is 5.21. The summed E-state index contributed by atoms with van der Waals surface area (Å²) in [5, 5.41) is 0. The summed E-state index contributed by atoms with van der Waals surface area (Å²) in [6.07, 6.45) is 0.931. The third-order valence-corrected chi connectivity index (χ3v) is 3.84. The van der Waals surface area contributed by atoms with E-state index in [0.717, 1.165) is 5.56 Å². The Morgan fingerprint density at radius 1 is 1.14 bits per heavy atom. The van der Waals surface area contributed by atoms with E-state index in [1.54, 1.807) is 0 Å². The van der Waals surface area contributed by atoms with Crippen LogP contribution in [0.2, 0.25) is 0 Å². The first-order valence-corrected chi connectivity index (χ1v) is 6.70. The molecule has 1 heterocycles. The van der Waals surface area contributed by atoms with Crippen LogP contribution in [0.15, 0.2) is 41.2 Å². The van der Waals surface area contributed by atoms with Crippen molar-refractivity contribution in [2.24, 2.45) is 5.73 Å². The number of fused-ring (bicyclic) bond motifs is 1. The van der Waals surface area contributed by atoms with Crippen molar-refractivity contribution in [1.82, 2.24) is 4.98 Å². The molecule has 0 radical (unpaired) electrons. The highest BCUT2D eigenvalue weighted by molar-refractivity contribution is 6.01. The minimum absolute atomic E-state index is 0.0429. The number of aromatic amines is 1. The van der Waals surface area contributed by atoms with E-state index in [9.17, 15) is 14.4 Å². The van der Waals surface area contributed by atoms with Crippen LogP contribution in [0.3, 0.4) is 0 Å². The number of nitrogens with one attached hydrogen (secondary N) is 1. The molecular formula is C16H14N2O3. The summed E-state index contributed by atoms with van der Waals surface area (Å²) in [4.78, 5) is 37.9. The molecule has 0 unspecified atom stereocenters. The second-order valence-corrected chi connectivity index (χ2v) is 5.21. The van der Waals surface area contributed by atoms with Gasteiger partial charge in [-0.3, -0.25) is 14.4 Å². The Kier molecular flexibility index (Phi) is 3.17. The zero-order chi connectivity index (χ0) is 15.0. The number of primary amides is 1. The predicted octanol–water partition coefficient (Wildman–Crippen LogP) is 1.39. The number of benzene rings is 1. The van der Waals surface area contributed by atoms with Crippen molar-refractivity contribution < 1.29 is 9.59 Å². The molecule has 0 fully saturated rings. The minimum Gasteiger partial charge on any atom is -0.365 e. The summed E-state index contributed by atoms with van der Waals surface area (Å²) in [6, 6.07) is 11.0. The third-order valence-electron chi connectivity index (χ3n) is 3.84. The fraction of sp³-hybridized carbons (Fsp3) is 0.188. The van der Waals surface area contributed by atoms with Gasteiger partial charge in [-0.25, -0.2) is 0 Å². The van der Waals surface area contributed by atoms with E-state index in [-0.39, 0.29) is 17.3 Å². The number of amides is 1. The molecule has 1 amide bonds. The SMILES string of the molecule is NC(=O)c1cc2c([nH]c1=O)C[C@H](c1ccccc1)CC2=O. The Morgan fingerprint density at radius 2 is 1.86 bits per heavy atom. The largest absolute Gasteiger partial charge is 0.365 e. The molecule has 3 N–H and O–H groups in total. The Morgan fingerprint density at radius 3 is 2.52 bits per heavy atom. The summed E-state index contributed by atoms with van der Waals surface area (Å²) < 4.78 is 0. The topological polar surface area (TPSA) is 93.0 Å². The average Bonchev–Trinajstić information content (AvgIpc) is 2.47. The van der Waals surface area contributed by atoms with Gasteiger partial charge in [0.05, 0.1) is 0 Å². The normalized spacial score (nSPS) is 17.3. The number of Topliss-reactive ketones (excluding diaryl/α,β-unsaturated/α-hetero) is 1. The summed E-state index contributed by atoms with van der Waals surface area (Å²) in [6.45, 7) is 0. The molecule has 3 rings (SSSR count). The van der Waals surface area contributed by atoms with Crippen molar-refractivity contribution >= 4 is 11.7 Å². The fourth-order valence-corrected chi connectivity index (χ4v) is 2.77. The summed E-state index contributed by atoms with van der Waals surface area (Å²) in [5.74, 6) is -0.859. The molecule has 0 bridgehead atoms. The van der Waals surface area contributed by atoms with E-state index in [0.29, 0.717) is 24.1 Å². The quantitative estimate of drug-likeness (QED) is 0.871. The standard InChI is InChI=1S/C16H14N2O3/c17-15(20)12-8-11-13(18-16(12)21)6-10(7-14(11)19)9-4-2-1-3-5-9/h1-5,8,10H,6-7H2,(H2,17,20)(H,18,21)/t10-/m0/s1. The van der Waals surface area contributed by atoms with Gasteiger partial charge in [0.1, 0.15) is 5.56 Å². The van der Waals surface area contributed by atoms with Gasteiger partial charge in [-0.1, -0.05) is 30.3 Å². The van der Waals surface area contributed by atoms with Crippen molar-refractivity contribution in [3.05, 3.63) is 69.1 Å². The van der Waals surface area contributed by atoms with Crippen LogP contribution in [0.25, 0.3) is 0 Å². The number of carbonyl (C=O) groups is 2. The number of rotatable bonds is 2. The van der Waals surface area contributed by atoms with E-state index in [2.05, 4.69) is 4.98 Å². The Hall–Kier alpha value is -2.69. The van der Waals surface area contributed by atoms with Crippen molar-refractivity contribution in [2.45, 2.75) is 18.8 Å². The smallest absolute Gasteiger partial charge is 0.261 e. The zero-order valence-corrected chi connectivity index (χ0v) is 11.3. The Labute approximate surface area is 120 Å². The van der Waals surface area contributed by atoms with Crippen LogP contribution in [0.1, 0.15) is 44.3 Å². The van der Waals surface area contributed by atoms with Crippen LogP contribution in [0, 0.1) is 0 Å². The lowest BCUT2D eigenvalue weighted by Crippen LogP contribution is -2.29. The van der Waals surface area contributed by atoms with Crippen molar-refractivity contribution in [3.8, 4) is 0 Å². The highest BCUT2D eigenvalue weighted by atomic mass is 16.2. The van der Waals surface area contributed by atoms with Crippen LogP contribution in [-0.4, -0.2) is 16.7 Å². The number of nitrogens with two attached hydrogens (primary N) is 1. The average molecular weight is 282 g/mol. The minimum atomic E-state index is -0.822. The molecule has 0 aliphatic heterocycles. The van der Waals surface area contributed by atoms with Crippen molar-refractivity contribution in [3.63, 3.8) is 0 Å². The maximum absolute atomic E-state index is 12.3. The van der Waals surface area contributed by atoms with Crippen LogP contribution in [0.4, 0.5) is 0 Å². The molecule has 1 atom stereocenters. The lowest BCUT2D eigenvalue weighted by atomic mass is 9.81. The van der Waals surface area contributed by atoms with Crippen molar-refractivity contribution in [2.75, 3.05) is 0 Å². The number of aromatic nitrogens is 1. The van der Waals surface area contributed by atoms with Gasteiger partial charge in [0, 0.05) is 17.7 Å². The van der Waals surface area contributed by atoms with Gasteiger partial charge < -0.3 is 10.7 Å². The number of pyridine rings is 1. The Balaban J connectivity index is 2.04. The molecule has 0 saturated carbocycles. The lowest BCUT2D eigenvalue weighted by molar-refractivity contribution is 0.0963. The number of hydrogen-bond donors (Lipinski definition) is 2. The maximum Gasteiger partial charge on any atom is 0.261 e. The van der Waals surface area contributed by atoms with Crippen molar-refractivity contribution in [1.29, 1.82) is 0 Å². The lowest BCUT2D eigenvalue weighted by Gasteiger charge is -2.23. The van der Waals surface area contributed by atoms with E-state index in [4.69, 9.17) is 5.73 Å². The Bertz CT molecular complexity index is 778. The summed E-state index contributed by atoms with van der Waals surface area (Å²) in [5.41, 5.74) is 6.48. The van der Waals surface area contributed by atoms with Crippen LogP contribution in [-0.2, 0) is 6.42 Å². The molecule has 2 aromatic rings. The molecule has 5 heteroatoms. The molecule has 1 aliphatic carbocycles. The number of ketones is 1. The van der Waals surface area contributed by atoms with Crippen LogP contribution in [0.5, 0.6) is 0 Å². The first kappa shape index (κ1) is 13.3. The predicted molar refractivity (Wildman–Crippen MR) is 77.4 cm³/mol. The molecule has 0 saturated heterocycles.